The van der Waals surface area contributed by atoms with E-state index >= 15 is 0 Å². The topological polar surface area (TPSA) is 128 Å². The van der Waals surface area contributed by atoms with Crippen LogP contribution in [0.3, 0.4) is 0 Å². The molecule has 0 spiro atoms. The van der Waals surface area contributed by atoms with Crippen LogP contribution in [0.2, 0.25) is 0 Å². The highest BCUT2D eigenvalue weighted by atomic mass is 16.5. The molecule has 30 heavy (non-hydrogen) atoms. The molecule has 10 nitrogen and oxygen atoms in total. The van der Waals surface area contributed by atoms with E-state index in [2.05, 4.69) is 25.0 Å². The molecule has 0 unspecified atom stereocenters. The Labute approximate surface area is 170 Å². The minimum absolute atomic E-state index is 0.0413. The van der Waals surface area contributed by atoms with E-state index in [1.165, 1.54) is 11.0 Å². The van der Waals surface area contributed by atoms with E-state index in [1.807, 2.05) is 25.1 Å². The lowest BCUT2D eigenvalue weighted by atomic mass is 10.1. The van der Waals surface area contributed by atoms with Crippen LogP contribution in [0.1, 0.15) is 13.8 Å². The van der Waals surface area contributed by atoms with Gasteiger partial charge >= 0.3 is 5.97 Å². The number of ether oxygens (including phenoxy) is 2. The first-order valence-corrected chi connectivity index (χ1v) is 9.48. The van der Waals surface area contributed by atoms with Gasteiger partial charge in [0.2, 0.25) is 0 Å². The number of fused-ring (bicyclic) bond motifs is 1. The summed E-state index contributed by atoms with van der Waals surface area (Å²) in [5.74, 6) is 0.599. The molecule has 2 N–H and O–H groups in total. The van der Waals surface area contributed by atoms with Crippen molar-refractivity contribution < 1.29 is 14.3 Å². The summed E-state index contributed by atoms with van der Waals surface area (Å²) in [4.78, 5) is 37.9. The molecule has 4 aromatic rings. The lowest BCUT2D eigenvalue weighted by Gasteiger charge is -2.11. The largest absolute Gasteiger partial charge is 0.493 e. The Morgan fingerprint density at radius 1 is 1.20 bits per heavy atom. The highest BCUT2D eigenvalue weighted by Crippen LogP contribution is 2.32. The van der Waals surface area contributed by atoms with Gasteiger partial charge < -0.3 is 19.4 Å². The van der Waals surface area contributed by atoms with Crippen molar-refractivity contribution >= 4 is 17.1 Å². The summed E-state index contributed by atoms with van der Waals surface area (Å²) >= 11 is 0. The maximum absolute atomic E-state index is 12.3. The third kappa shape index (κ3) is 3.79. The van der Waals surface area contributed by atoms with Crippen LogP contribution in [-0.4, -0.2) is 48.9 Å². The maximum Gasteiger partial charge on any atom is 0.327 e. The second kappa shape index (κ2) is 8.19. The number of nitrogens with one attached hydrogen (secondary N) is 2. The summed E-state index contributed by atoms with van der Waals surface area (Å²) in [5, 5.41) is 4.21. The van der Waals surface area contributed by atoms with E-state index in [-0.39, 0.29) is 23.6 Å². The van der Waals surface area contributed by atoms with Crippen molar-refractivity contribution in [2.45, 2.75) is 20.4 Å². The van der Waals surface area contributed by atoms with E-state index in [1.54, 1.807) is 19.3 Å². The minimum Gasteiger partial charge on any atom is -0.493 e. The van der Waals surface area contributed by atoms with Gasteiger partial charge in [-0.05, 0) is 31.5 Å². The number of rotatable bonds is 7. The second-order valence-electron chi connectivity index (χ2n) is 6.39. The predicted octanol–water partition coefficient (Wildman–Crippen LogP) is 2.14. The van der Waals surface area contributed by atoms with Gasteiger partial charge in [-0.3, -0.25) is 14.3 Å². The van der Waals surface area contributed by atoms with Crippen LogP contribution in [0.5, 0.6) is 5.75 Å². The molecule has 0 aliphatic carbocycles. The summed E-state index contributed by atoms with van der Waals surface area (Å²) in [6, 6.07) is 5.55. The van der Waals surface area contributed by atoms with E-state index in [4.69, 9.17) is 9.47 Å². The molecule has 3 aromatic heterocycles. The maximum atomic E-state index is 12.3. The highest BCUT2D eigenvalue weighted by molar-refractivity contribution is 5.76. The molecule has 3 heterocycles. The van der Waals surface area contributed by atoms with Crippen LogP contribution in [0, 0.1) is 0 Å². The minimum atomic E-state index is -0.346. The molecule has 0 amide bonds. The molecule has 10 heteroatoms. The molecular weight excluding hydrogens is 388 g/mol. The first-order chi connectivity index (χ1) is 14.6. The fourth-order valence-corrected chi connectivity index (χ4v) is 3.08. The predicted molar refractivity (Wildman–Crippen MR) is 109 cm³/mol. The summed E-state index contributed by atoms with van der Waals surface area (Å²) in [6.45, 7) is 4.44. The lowest BCUT2D eigenvalue weighted by molar-refractivity contribution is -0.144. The van der Waals surface area contributed by atoms with E-state index in [9.17, 15) is 9.59 Å². The fraction of sp³-hybridized carbons (Fsp3) is 0.250. The monoisotopic (exact) mass is 408 g/mol. The van der Waals surface area contributed by atoms with Crippen molar-refractivity contribution in [1.29, 1.82) is 0 Å². The number of hydrogen-bond acceptors (Lipinski definition) is 7. The van der Waals surface area contributed by atoms with E-state index < -0.39 is 0 Å². The molecule has 0 aliphatic heterocycles. The Morgan fingerprint density at radius 2 is 2.07 bits per heavy atom. The Morgan fingerprint density at radius 3 is 2.87 bits per heavy atom. The zero-order valence-corrected chi connectivity index (χ0v) is 16.5. The lowest BCUT2D eigenvalue weighted by Crippen LogP contribution is -2.13. The number of benzene rings is 1. The Balaban J connectivity index is 1.69. The van der Waals surface area contributed by atoms with Gasteiger partial charge in [-0.1, -0.05) is 6.07 Å². The van der Waals surface area contributed by atoms with Gasteiger partial charge in [0, 0.05) is 11.8 Å². The molecule has 0 aliphatic rings. The fourth-order valence-electron chi connectivity index (χ4n) is 3.08. The average Bonchev–Trinajstić information content (AvgIpc) is 3.38. The van der Waals surface area contributed by atoms with Gasteiger partial charge in [0.15, 0.2) is 11.2 Å². The molecule has 0 atom stereocenters. The number of carbonyl (C=O) groups is 1. The summed E-state index contributed by atoms with van der Waals surface area (Å²) in [6.07, 6.45) is 4.86. The average molecular weight is 408 g/mol. The molecule has 154 valence electrons. The molecule has 0 radical (unpaired) electrons. The van der Waals surface area contributed by atoms with Crippen LogP contribution in [0.4, 0.5) is 0 Å². The molecule has 1 aromatic carbocycles. The normalized spacial score (nSPS) is 11.0. The molecule has 0 bridgehead atoms. The van der Waals surface area contributed by atoms with Crippen molar-refractivity contribution in [3.05, 3.63) is 47.3 Å². The number of aromatic nitrogens is 6. The van der Waals surface area contributed by atoms with Crippen LogP contribution in [-0.2, 0) is 16.1 Å². The van der Waals surface area contributed by atoms with Crippen molar-refractivity contribution in [3.8, 4) is 28.3 Å². The van der Waals surface area contributed by atoms with Crippen LogP contribution >= 0.6 is 0 Å². The zero-order chi connectivity index (χ0) is 21.1. The van der Waals surface area contributed by atoms with Crippen molar-refractivity contribution in [2.24, 2.45) is 0 Å². The van der Waals surface area contributed by atoms with Gasteiger partial charge in [-0.15, -0.1) is 0 Å². The molecule has 0 saturated carbocycles. The van der Waals surface area contributed by atoms with E-state index in [0.29, 0.717) is 36.0 Å². The van der Waals surface area contributed by atoms with Gasteiger partial charge in [0.1, 0.15) is 18.1 Å². The van der Waals surface area contributed by atoms with Crippen molar-refractivity contribution in [3.63, 3.8) is 0 Å². The molecule has 0 saturated heterocycles. The Bertz CT molecular complexity index is 1260. The number of H-pyrrole nitrogens is 2. The third-order valence-corrected chi connectivity index (χ3v) is 4.39. The third-order valence-electron chi connectivity index (χ3n) is 4.39. The van der Waals surface area contributed by atoms with Crippen molar-refractivity contribution in [2.75, 3.05) is 13.2 Å². The summed E-state index contributed by atoms with van der Waals surface area (Å²) < 4.78 is 12.3. The van der Waals surface area contributed by atoms with Gasteiger partial charge in [0.25, 0.3) is 5.56 Å². The number of carbonyl (C=O) groups excluding carboxylic acids is 1. The van der Waals surface area contributed by atoms with Gasteiger partial charge in [-0.25, -0.2) is 9.97 Å². The molecular formula is C20H20N6O4. The number of hydrogen-bond donors (Lipinski definition) is 2. The Hall–Kier alpha value is -3.95. The van der Waals surface area contributed by atoms with Crippen LogP contribution < -0.4 is 10.3 Å². The van der Waals surface area contributed by atoms with E-state index in [0.717, 1.165) is 11.1 Å². The first-order valence-electron chi connectivity index (χ1n) is 9.48. The smallest absolute Gasteiger partial charge is 0.327 e. The summed E-state index contributed by atoms with van der Waals surface area (Å²) in [5.41, 5.74) is 2.64. The molecule has 0 fully saturated rings. The summed E-state index contributed by atoms with van der Waals surface area (Å²) in [7, 11) is 0. The first kappa shape index (κ1) is 19.4. The number of nitrogens with zero attached hydrogens (tertiary/aromatic N) is 4. The van der Waals surface area contributed by atoms with Gasteiger partial charge in [0.05, 0.1) is 31.3 Å². The number of aromatic amines is 2. The second-order valence-corrected chi connectivity index (χ2v) is 6.39. The van der Waals surface area contributed by atoms with Crippen LogP contribution in [0.25, 0.3) is 33.7 Å². The SMILES string of the molecule is CCOC(=O)Cn1cc(-c2ccc(-c3nc4[nH]cnc4c(=O)[nH]3)c(OCC)c2)cn1. The quantitative estimate of drug-likeness (QED) is 0.448. The molecule has 4 rings (SSSR count). The zero-order valence-electron chi connectivity index (χ0n) is 16.5. The van der Waals surface area contributed by atoms with Crippen molar-refractivity contribution in [1.82, 2.24) is 29.7 Å². The van der Waals surface area contributed by atoms with Gasteiger partial charge in [-0.2, -0.15) is 5.10 Å². The Kier molecular flexibility index (Phi) is 5.29. The highest BCUT2D eigenvalue weighted by Gasteiger charge is 2.15. The number of imidazole rings is 1. The standard InChI is InChI=1S/C20H20N6O4/c1-3-29-15-7-12(13-8-23-26(9-13)10-16(27)30-4-2)5-6-14(15)18-24-19-17(20(28)25-18)21-11-22-19/h5-9,11H,3-4,10H2,1-2H3,(H2,21,22,24,25,28). The van der Waals surface area contributed by atoms with Crippen LogP contribution in [0.15, 0.2) is 41.7 Å². The number of esters is 1.